The Kier molecular flexibility index (Phi) is 6.15. The van der Waals surface area contributed by atoms with Crippen LogP contribution in [0.3, 0.4) is 0 Å². The third-order valence-electron chi connectivity index (χ3n) is 4.45. The number of thiazole rings is 1. The summed E-state index contributed by atoms with van der Waals surface area (Å²) in [5.74, 6) is 0.215. The number of nitrogens with zero attached hydrogens (tertiary/aromatic N) is 1. The molecule has 6 heteroatoms. The minimum atomic E-state index is -0.300. The highest BCUT2D eigenvalue weighted by atomic mass is 32.1. The molecule has 4 rings (SSSR count). The lowest BCUT2D eigenvalue weighted by Crippen LogP contribution is -2.23. The van der Waals surface area contributed by atoms with Gasteiger partial charge in [-0.2, -0.15) is 0 Å². The van der Waals surface area contributed by atoms with Gasteiger partial charge in [-0.1, -0.05) is 42.5 Å². The van der Waals surface area contributed by atoms with Gasteiger partial charge in [0.1, 0.15) is 28.9 Å². The first-order valence-electron chi connectivity index (χ1n) is 9.43. The van der Waals surface area contributed by atoms with Crippen LogP contribution in [0.1, 0.15) is 21.6 Å². The topological polar surface area (TPSA) is 51.2 Å². The molecule has 0 saturated carbocycles. The van der Waals surface area contributed by atoms with Crippen molar-refractivity contribution in [1.82, 2.24) is 10.3 Å². The number of rotatable bonds is 7. The molecular weight excluding hydrogens is 399 g/mol. The normalized spacial score (nSPS) is 10.6. The van der Waals surface area contributed by atoms with Gasteiger partial charge >= 0.3 is 0 Å². The predicted molar refractivity (Wildman–Crippen MR) is 116 cm³/mol. The molecule has 30 heavy (non-hydrogen) atoms. The van der Waals surface area contributed by atoms with E-state index in [9.17, 15) is 9.18 Å². The van der Waals surface area contributed by atoms with Crippen molar-refractivity contribution in [2.24, 2.45) is 0 Å². The quantitative estimate of drug-likeness (QED) is 0.434. The Labute approximate surface area is 178 Å². The Bertz CT molecular complexity index is 1110. The van der Waals surface area contributed by atoms with Crippen molar-refractivity contribution in [2.75, 3.05) is 0 Å². The Morgan fingerprint density at radius 1 is 0.933 bits per heavy atom. The van der Waals surface area contributed by atoms with Gasteiger partial charge in [0.05, 0.1) is 0 Å². The third kappa shape index (κ3) is 5.10. The van der Waals surface area contributed by atoms with Gasteiger partial charge in [-0.15, -0.1) is 11.3 Å². The highest BCUT2D eigenvalue weighted by Crippen LogP contribution is 2.26. The minimum Gasteiger partial charge on any atom is -0.489 e. The molecule has 4 aromatic rings. The molecule has 0 aliphatic rings. The molecule has 0 radical (unpaired) electrons. The van der Waals surface area contributed by atoms with E-state index in [0.717, 1.165) is 27.4 Å². The molecule has 0 atom stereocenters. The Balaban J connectivity index is 1.34. The molecule has 1 heterocycles. The van der Waals surface area contributed by atoms with Gasteiger partial charge in [0.25, 0.3) is 5.91 Å². The summed E-state index contributed by atoms with van der Waals surface area (Å²) in [4.78, 5) is 16.8. The van der Waals surface area contributed by atoms with Crippen molar-refractivity contribution in [3.63, 3.8) is 0 Å². The van der Waals surface area contributed by atoms with E-state index in [0.29, 0.717) is 18.8 Å². The second-order valence-corrected chi connectivity index (χ2v) is 7.50. The van der Waals surface area contributed by atoms with Crippen LogP contribution in [0.15, 0.2) is 84.2 Å². The van der Waals surface area contributed by atoms with Crippen LogP contribution in [-0.4, -0.2) is 10.9 Å². The van der Waals surface area contributed by atoms with Crippen LogP contribution in [-0.2, 0) is 13.2 Å². The number of carbonyl (C=O) groups is 1. The molecule has 0 spiro atoms. The Hall–Kier alpha value is -3.51. The highest BCUT2D eigenvalue weighted by Gasteiger charge is 2.12. The molecular formula is C24H19FN2O2S. The highest BCUT2D eigenvalue weighted by molar-refractivity contribution is 7.13. The van der Waals surface area contributed by atoms with Gasteiger partial charge in [-0.25, -0.2) is 9.37 Å². The monoisotopic (exact) mass is 418 g/mol. The number of hydrogen-bond acceptors (Lipinski definition) is 4. The molecule has 0 aliphatic carbocycles. The van der Waals surface area contributed by atoms with Crippen LogP contribution in [0.2, 0.25) is 0 Å². The fourth-order valence-electron chi connectivity index (χ4n) is 2.82. The minimum absolute atomic E-state index is 0.260. The van der Waals surface area contributed by atoms with Gasteiger partial charge in [-0.05, 0) is 47.5 Å². The molecule has 1 N–H and O–H groups in total. The van der Waals surface area contributed by atoms with E-state index in [-0.39, 0.29) is 11.7 Å². The standard InChI is InChI=1S/C24H19FN2O2S/c25-20-10-6-17(7-11-20)14-26-23(28)22-16-30-24(27-22)19-8-12-21(13-9-19)29-15-18-4-2-1-3-5-18/h1-13,16H,14-15H2,(H,26,28). The van der Waals surface area contributed by atoms with Crippen molar-refractivity contribution >= 4 is 17.2 Å². The van der Waals surface area contributed by atoms with E-state index in [1.54, 1.807) is 17.5 Å². The third-order valence-corrected chi connectivity index (χ3v) is 5.34. The van der Waals surface area contributed by atoms with Crippen LogP contribution in [0.25, 0.3) is 10.6 Å². The van der Waals surface area contributed by atoms with Gasteiger partial charge in [-0.3, -0.25) is 4.79 Å². The summed E-state index contributed by atoms with van der Waals surface area (Å²) in [7, 11) is 0. The summed E-state index contributed by atoms with van der Waals surface area (Å²) in [5, 5.41) is 5.30. The summed E-state index contributed by atoms with van der Waals surface area (Å²) in [6.07, 6.45) is 0. The van der Waals surface area contributed by atoms with Gasteiger partial charge < -0.3 is 10.1 Å². The lowest BCUT2D eigenvalue weighted by atomic mass is 10.2. The second kappa shape index (κ2) is 9.33. The SMILES string of the molecule is O=C(NCc1ccc(F)cc1)c1csc(-c2ccc(OCc3ccccc3)cc2)n1. The van der Waals surface area contributed by atoms with Crippen LogP contribution in [0.4, 0.5) is 4.39 Å². The first-order valence-corrected chi connectivity index (χ1v) is 10.3. The number of aromatic nitrogens is 1. The van der Waals surface area contributed by atoms with Crippen molar-refractivity contribution in [3.05, 3.63) is 107 Å². The van der Waals surface area contributed by atoms with Crippen LogP contribution in [0.5, 0.6) is 5.75 Å². The summed E-state index contributed by atoms with van der Waals surface area (Å²) in [6.45, 7) is 0.829. The van der Waals surface area contributed by atoms with E-state index >= 15 is 0 Å². The molecule has 4 nitrogen and oxygen atoms in total. The van der Waals surface area contributed by atoms with Crippen molar-refractivity contribution in [1.29, 1.82) is 0 Å². The molecule has 0 bridgehead atoms. The number of hydrogen-bond donors (Lipinski definition) is 1. The van der Waals surface area contributed by atoms with Crippen LogP contribution >= 0.6 is 11.3 Å². The summed E-state index contributed by atoms with van der Waals surface area (Å²) in [5.41, 5.74) is 3.22. The molecule has 3 aromatic carbocycles. The molecule has 1 aromatic heterocycles. The zero-order valence-corrected chi connectivity index (χ0v) is 16.9. The number of nitrogens with one attached hydrogen (secondary N) is 1. The maximum absolute atomic E-state index is 13.0. The molecule has 1 amide bonds. The molecule has 150 valence electrons. The largest absolute Gasteiger partial charge is 0.489 e. The van der Waals surface area contributed by atoms with Gasteiger partial charge in [0.15, 0.2) is 0 Å². The second-order valence-electron chi connectivity index (χ2n) is 6.65. The fourth-order valence-corrected chi connectivity index (χ4v) is 3.63. The predicted octanol–water partition coefficient (Wildman–Crippen LogP) is 5.46. The zero-order valence-electron chi connectivity index (χ0n) is 16.0. The van der Waals surface area contributed by atoms with Crippen molar-refractivity contribution in [3.8, 4) is 16.3 Å². The fraction of sp³-hybridized carbons (Fsp3) is 0.0833. The number of amides is 1. The smallest absolute Gasteiger partial charge is 0.271 e. The maximum Gasteiger partial charge on any atom is 0.271 e. The zero-order chi connectivity index (χ0) is 20.8. The van der Waals surface area contributed by atoms with Crippen LogP contribution < -0.4 is 10.1 Å². The van der Waals surface area contributed by atoms with Gasteiger partial charge in [0, 0.05) is 17.5 Å². The summed E-state index contributed by atoms with van der Waals surface area (Å²) in [6, 6.07) is 23.7. The number of halogens is 1. The summed E-state index contributed by atoms with van der Waals surface area (Å²) < 4.78 is 18.8. The first-order chi connectivity index (χ1) is 14.7. The maximum atomic E-state index is 13.0. The molecule has 0 unspecified atom stereocenters. The van der Waals surface area contributed by atoms with Crippen LogP contribution in [0, 0.1) is 5.82 Å². The number of ether oxygens (including phenoxy) is 1. The van der Waals surface area contributed by atoms with E-state index in [4.69, 9.17) is 4.74 Å². The van der Waals surface area contributed by atoms with E-state index in [2.05, 4.69) is 10.3 Å². The molecule has 0 fully saturated rings. The molecule has 0 saturated heterocycles. The van der Waals surface area contributed by atoms with E-state index in [1.807, 2.05) is 54.6 Å². The van der Waals surface area contributed by atoms with Crippen molar-refractivity contribution < 1.29 is 13.9 Å². The van der Waals surface area contributed by atoms with Gasteiger partial charge in [0.2, 0.25) is 0 Å². The lowest BCUT2D eigenvalue weighted by Gasteiger charge is -2.06. The average molecular weight is 418 g/mol. The lowest BCUT2D eigenvalue weighted by molar-refractivity contribution is 0.0946. The number of benzene rings is 3. The van der Waals surface area contributed by atoms with E-state index < -0.39 is 0 Å². The Morgan fingerprint density at radius 3 is 2.40 bits per heavy atom. The first kappa shape index (κ1) is 19.8. The Morgan fingerprint density at radius 2 is 1.67 bits per heavy atom. The van der Waals surface area contributed by atoms with E-state index in [1.165, 1.54) is 23.5 Å². The summed E-state index contributed by atoms with van der Waals surface area (Å²) >= 11 is 1.41. The average Bonchev–Trinajstić information content (AvgIpc) is 3.29. The van der Waals surface area contributed by atoms with Crippen molar-refractivity contribution in [2.45, 2.75) is 13.2 Å². The molecule has 0 aliphatic heterocycles. The number of carbonyl (C=O) groups excluding carboxylic acids is 1.